The van der Waals surface area contributed by atoms with Crippen LogP contribution in [-0.2, 0) is 17.0 Å². The molecule has 2 aromatic heterocycles. The molecule has 4 aromatic rings. The highest BCUT2D eigenvalue weighted by Gasteiger charge is 2.12. The van der Waals surface area contributed by atoms with E-state index in [4.69, 9.17) is 9.72 Å². The number of benzene rings is 2. The molecule has 2 aromatic carbocycles. The topological polar surface area (TPSA) is 61.9 Å². The van der Waals surface area contributed by atoms with Crippen LogP contribution in [0.4, 0.5) is 0 Å². The molecule has 30 heavy (non-hydrogen) atoms. The van der Waals surface area contributed by atoms with Crippen molar-refractivity contribution in [3.05, 3.63) is 82.9 Å². The Hall–Kier alpha value is -2.90. The smallest absolute Gasteiger partial charge is 0.262 e. The molecule has 0 saturated heterocycles. The molecule has 0 N–H and O–H groups in total. The number of hydrogen-bond donors (Lipinski definition) is 0. The lowest BCUT2D eigenvalue weighted by Crippen LogP contribution is -2.24. The van der Waals surface area contributed by atoms with Gasteiger partial charge in [0.25, 0.3) is 5.56 Å². The summed E-state index contributed by atoms with van der Waals surface area (Å²) in [5, 5.41) is 5.65. The van der Waals surface area contributed by atoms with Crippen LogP contribution in [0.5, 0.6) is 0 Å². The molecule has 0 atom stereocenters. The minimum absolute atomic E-state index is 0.00799. The molecule has 4 rings (SSSR count). The fraction of sp³-hybridized carbons (Fsp3) is 0.261. The van der Waals surface area contributed by atoms with Crippen molar-refractivity contribution in [3.63, 3.8) is 0 Å². The lowest BCUT2D eigenvalue weighted by atomic mass is 10.2. The van der Waals surface area contributed by atoms with Crippen molar-refractivity contribution >= 4 is 22.7 Å². The minimum Gasteiger partial charge on any atom is -0.382 e. The number of thioether (sulfide) groups is 1. The third-order valence-electron chi connectivity index (χ3n) is 4.77. The summed E-state index contributed by atoms with van der Waals surface area (Å²) in [5.74, 6) is 0.732. The van der Waals surface area contributed by atoms with Gasteiger partial charge in [-0.15, -0.1) is 0 Å². The lowest BCUT2D eigenvalue weighted by molar-refractivity contribution is 0.140. The Morgan fingerprint density at radius 2 is 1.90 bits per heavy atom. The Balaban J connectivity index is 1.55. The van der Waals surface area contributed by atoms with Gasteiger partial charge in [0.15, 0.2) is 5.16 Å². The van der Waals surface area contributed by atoms with E-state index in [-0.39, 0.29) is 5.56 Å². The van der Waals surface area contributed by atoms with E-state index in [9.17, 15) is 4.79 Å². The van der Waals surface area contributed by atoms with E-state index in [0.717, 1.165) is 28.5 Å². The van der Waals surface area contributed by atoms with Crippen LogP contribution in [0, 0.1) is 0 Å². The minimum atomic E-state index is 0.00799. The second-order valence-corrected chi connectivity index (χ2v) is 7.77. The number of ether oxygens (including phenoxy) is 1. The quantitative estimate of drug-likeness (QED) is 0.229. The number of aromatic nitrogens is 4. The van der Waals surface area contributed by atoms with E-state index in [1.165, 1.54) is 5.56 Å². The highest BCUT2D eigenvalue weighted by molar-refractivity contribution is 7.98. The van der Waals surface area contributed by atoms with Crippen molar-refractivity contribution in [3.8, 4) is 5.69 Å². The standard InChI is InChI=1S/C23H24N4O2S/c1-2-29-16-6-14-26-22(28)20-7-3-4-8-21(20)25-23(26)30-17-18-9-11-19(12-10-18)27-15-5-13-24-27/h3-5,7-13,15H,2,6,14,16-17H2,1H3. The van der Waals surface area contributed by atoms with Gasteiger partial charge in [0.2, 0.25) is 0 Å². The molecule has 0 unspecified atom stereocenters. The molecular formula is C23H24N4O2S. The molecule has 0 fully saturated rings. The maximum atomic E-state index is 13.1. The molecule has 0 aliphatic carbocycles. The van der Waals surface area contributed by atoms with Gasteiger partial charge < -0.3 is 4.74 Å². The third-order valence-corrected chi connectivity index (χ3v) is 5.82. The van der Waals surface area contributed by atoms with Gasteiger partial charge in [-0.25, -0.2) is 9.67 Å². The van der Waals surface area contributed by atoms with Crippen LogP contribution in [0.25, 0.3) is 16.6 Å². The van der Waals surface area contributed by atoms with Crippen LogP contribution in [0.3, 0.4) is 0 Å². The Bertz CT molecular complexity index is 1150. The van der Waals surface area contributed by atoms with Crippen molar-refractivity contribution in [1.29, 1.82) is 0 Å². The number of rotatable bonds is 9. The summed E-state index contributed by atoms with van der Waals surface area (Å²) < 4.78 is 9.06. The zero-order chi connectivity index (χ0) is 20.8. The van der Waals surface area contributed by atoms with Crippen molar-refractivity contribution < 1.29 is 4.74 Å². The molecule has 2 heterocycles. The molecule has 0 aliphatic rings. The number of para-hydroxylation sites is 1. The van der Waals surface area contributed by atoms with Gasteiger partial charge in [-0.1, -0.05) is 36.0 Å². The molecule has 0 aliphatic heterocycles. The fourth-order valence-electron chi connectivity index (χ4n) is 3.24. The first-order chi connectivity index (χ1) is 14.8. The molecule has 0 bridgehead atoms. The average molecular weight is 421 g/mol. The molecule has 154 valence electrons. The van der Waals surface area contributed by atoms with Crippen molar-refractivity contribution in [2.75, 3.05) is 13.2 Å². The molecule has 0 radical (unpaired) electrons. The Morgan fingerprint density at radius 1 is 1.07 bits per heavy atom. The van der Waals surface area contributed by atoms with Gasteiger partial charge in [0, 0.05) is 37.9 Å². The van der Waals surface area contributed by atoms with Gasteiger partial charge in [-0.05, 0) is 49.2 Å². The second-order valence-electron chi connectivity index (χ2n) is 6.82. The number of hydrogen-bond acceptors (Lipinski definition) is 5. The lowest BCUT2D eigenvalue weighted by Gasteiger charge is -2.13. The van der Waals surface area contributed by atoms with E-state index in [2.05, 4.69) is 17.2 Å². The van der Waals surface area contributed by atoms with Gasteiger partial charge in [0.1, 0.15) is 0 Å². The first-order valence-corrected chi connectivity index (χ1v) is 11.0. The van der Waals surface area contributed by atoms with Gasteiger partial charge in [0.05, 0.1) is 16.6 Å². The van der Waals surface area contributed by atoms with Crippen molar-refractivity contribution in [2.45, 2.75) is 30.8 Å². The van der Waals surface area contributed by atoms with E-state index >= 15 is 0 Å². The maximum Gasteiger partial charge on any atom is 0.262 e. The van der Waals surface area contributed by atoms with Crippen molar-refractivity contribution in [1.82, 2.24) is 19.3 Å². The second kappa shape index (κ2) is 9.73. The molecular weight excluding hydrogens is 396 g/mol. The Kier molecular flexibility index (Phi) is 6.61. The summed E-state index contributed by atoms with van der Waals surface area (Å²) in [6.07, 6.45) is 4.46. The average Bonchev–Trinajstić information content (AvgIpc) is 3.32. The molecule has 6 nitrogen and oxygen atoms in total. The first-order valence-electron chi connectivity index (χ1n) is 10.1. The number of nitrogens with zero attached hydrogens (tertiary/aromatic N) is 4. The fourth-order valence-corrected chi connectivity index (χ4v) is 4.22. The summed E-state index contributed by atoms with van der Waals surface area (Å²) >= 11 is 1.58. The van der Waals surface area contributed by atoms with Gasteiger partial charge in [-0.3, -0.25) is 9.36 Å². The SMILES string of the molecule is CCOCCCn1c(SCc2ccc(-n3cccn3)cc2)nc2ccccc2c1=O. The molecule has 0 amide bonds. The Labute approximate surface area is 179 Å². The summed E-state index contributed by atoms with van der Waals surface area (Å²) in [6, 6.07) is 17.7. The van der Waals surface area contributed by atoms with Gasteiger partial charge >= 0.3 is 0 Å². The summed E-state index contributed by atoms with van der Waals surface area (Å²) in [4.78, 5) is 17.8. The molecule has 7 heteroatoms. The number of fused-ring (bicyclic) bond motifs is 1. The predicted octanol–water partition coefficient (Wildman–Crippen LogP) is 4.30. The monoisotopic (exact) mass is 420 g/mol. The predicted molar refractivity (Wildman–Crippen MR) is 120 cm³/mol. The van der Waals surface area contributed by atoms with Crippen LogP contribution in [0.2, 0.25) is 0 Å². The molecule has 0 spiro atoms. The first kappa shape index (κ1) is 20.4. The summed E-state index contributed by atoms with van der Waals surface area (Å²) in [7, 11) is 0. The van der Waals surface area contributed by atoms with Crippen LogP contribution >= 0.6 is 11.8 Å². The highest BCUT2D eigenvalue weighted by Crippen LogP contribution is 2.23. The largest absolute Gasteiger partial charge is 0.382 e. The van der Waals surface area contributed by atoms with Crippen LogP contribution < -0.4 is 5.56 Å². The zero-order valence-corrected chi connectivity index (χ0v) is 17.7. The van der Waals surface area contributed by atoms with Crippen LogP contribution in [0.1, 0.15) is 18.9 Å². The summed E-state index contributed by atoms with van der Waals surface area (Å²) in [5.41, 5.74) is 2.93. The van der Waals surface area contributed by atoms with Crippen molar-refractivity contribution in [2.24, 2.45) is 0 Å². The molecule has 0 saturated carbocycles. The van der Waals surface area contributed by atoms with E-state index in [1.54, 1.807) is 22.5 Å². The third kappa shape index (κ3) is 4.63. The normalized spacial score (nSPS) is 11.2. The highest BCUT2D eigenvalue weighted by atomic mass is 32.2. The van der Waals surface area contributed by atoms with E-state index < -0.39 is 0 Å². The van der Waals surface area contributed by atoms with Crippen LogP contribution in [0.15, 0.2) is 76.9 Å². The maximum absolute atomic E-state index is 13.1. The van der Waals surface area contributed by atoms with E-state index in [1.807, 2.05) is 60.3 Å². The van der Waals surface area contributed by atoms with E-state index in [0.29, 0.717) is 25.1 Å². The summed E-state index contributed by atoms with van der Waals surface area (Å²) in [6.45, 7) is 3.88. The van der Waals surface area contributed by atoms with Crippen LogP contribution in [-0.4, -0.2) is 32.5 Å². The van der Waals surface area contributed by atoms with Gasteiger partial charge in [-0.2, -0.15) is 5.10 Å². The Morgan fingerprint density at radius 3 is 2.67 bits per heavy atom. The zero-order valence-electron chi connectivity index (χ0n) is 16.9.